The fourth-order valence-electron chi connectivity index (χ4n) is 2.55. The molecule has 0 radical (unpaired) electrons. The Balaban J connectivity index is 1.82. The van der Waals surface area contributed by atoms with Crippen LogP contribution in [0.3, 0.4) is 0 Å². The normalized spacial score (nSPS) is 24.1. The Morgan fingerprint density at radius 1 is 1.35 bits per heavy atom. The van der Waals surface area contributed by atoms with Crippen molar-refractivity contribution in [3.05, 3.63) is 34.3 Å². The molecule has 0 spiro atoms. The van der Waals surface area contributed by atoms with Gasteiger partial charge in [-0.05, 0) is 25.1 Å². The van der Waals surface area contributed by atoms with Crippen molar-refractivity contribution in [2.24, 2.45) is 0 Å². The Morgan fingerprint density at radius 3 is 2.70 bits per heavy atom. The van der Waals surface area contributed by atoms with Crippen LogP contribution in [0.15, 0.2) is 28.7 Å². The smallest absolute Gasteiger partial charge is 0.338 e. The van der Waals surface area contributed by atoms with Crippen LogP contribution in [0, 0.1) is 0 Å². The summed E-state index contributed by atoms with van der Waals surface area (Å²) in [5.41, 5.74) is 0.601. The minimum Gasteiger partial charge on any atom is -0.453 e. The molecule has 0 bridgehead atoms. The Morgan fingerprint density at radius 2 is 2.05 bits per heavy atom. The van der Waals surface area contributed by atoms with Crippen LogP contribution in [0.25, 0.3) is 0 Å². The largest absolute Gasteiger partial charge is 0.453 e. The predicted molar refractivity (Wildman–Crippen MR) is 81.2 cm³/mol. The lowest BCUT2D eigenvalue weighted by Gasteiger charge is -2.28. The van der Waals surface area contributed by atoms with Crippen LogP contribution in [-0.2, 0) is 4.74 Å². The first-order chi connectivity index (χ1) is 9.54. The molecule has 1 heterocycles. The quantitative estimate of drug-likeness (QED) is 0.717. The van der Waals surface area contributed by atoms with Gasteiger partial charge in [-0.3, -0.25) is 0 Å². The third-order valence-corrected chi connectivity index (χ3v) is 4.25. The van der Waals surface area contributed by atoms with E-state index < -0.39 is 0 Å². The number of piperazine rings is 1. The lowest BCUT2D eigenvalue weighted by atomic mass is 10.2. The second-order valence-corrected chi connectivity index (χ2v) is 6.55. The first kappa shape index (κ1) is 15.5. The Bertz CT molecular complexity index is 459. The zero-order valence-corrected chi connectivity index (χ0v) is 13.7. The summed E-state index contributed by atoms with van der Waals surface area (Å²) in [4.78, 5) is 15.2. The number of hydrogen-bond donors (Lipinski definition) is 2. The van der Waals surface area contributed by atoms with E-state index in [1.807, 2.05) is 19.1 Å². The van der Waals surface area contributed by atoms with Crippen LogP contribution in [0.5, 0.6) is 0 Å². The number of esters is 1. The van der Waals surface area contributed by atoms with E-state index in [1.165, 1.54) is 18.0 Å². The first-order valence-corrected chi connectivity index (χ1v) is 7.95. The molecule has 2 N–H and O–H groups in total. The monoisotopic (exact) mass is 342 g/mol. The second kappa shape index (κ2) is 7.20. The van der Waals surface area contributed by atoms with Gasteiger partial charge in [0.1, 0.15) is 38.8 Å². The minimum atomic E-state index is -0.238. The molecule has 0 aliphatic carbocycles. The van der Waals surface area contributed by atoms with Crippen LogP contribution >= 0.6 is 15.9 Å². The molecule has 2 rings (SSSR count). The zero-order chi connectivity index (χ0) is 14.5. The third-order valence-electron chi connectivity index (χ3n) is 3.76. The molecule has 0 amide bonds. The summed E-state index contributed by atoms with van der Waals surface area (Å²) >= 11 is 3.37. The van der Waals surface area contributed by atoms with E-state index in [0.717, 1.165) is 24.1 Å². The summed E-state index contributed by atoms with van der Waals surface area (Å²) in [5, 5.41) is 0. The molecule has 0 saturated carbocycles. The molecule has 1 atom stereocenters. The number of likely N-dealkylation sites (N-methyl/N-ethyl adjacent to an activating group) is 1. The average Bonchev–Trinajstić information content (AvgIpc) is 2.41. The Labute approximate surface area is 128 Å². The van der Waals surface area contributed by atoms with Crippen LogP contribution in [0.1, 0.15) is 17.3 Å². The van der Waals surface area contributed by atoms with Crippen molar-refractivity contribution < 1.29 is 19.3 Å². The van der Waals surface area contributed by atoms with Crippen molar-refractivity contribution in [1.82, 2.24) is 0 Å². The molecular weight excluding hydrogens is 320 g/mol. The minimum absolute atomic E-state index is 0.0464. The maximum atomic E-state index is 12.0. The Hall–Kier alpha value is -0.910. The van der Waals surface area contributed by atoms with Gasteiger partial charge < -0.3 is 14.5 Å². The number of carbonyl (C=O) groups is 1. The number of quaternary nitrogens is 2. The van der Waals surface area contributed by atoms with Crippen molar-refractivity contribution in [2.75, 3.05) is 39.8 Å². The van der Waals surface area contributed by atoms with Gasteiger partial charge in [0, 0.05) is 4.47 Å². The number of hydrogen-bond acceptors (Lipinski definition) is 2. The summed E-state index contributed by atoms with van der Waals surface area (Å²) in [7, 11) is 2.23. The van der Waals surface area contributed by atoms with Gasteiger partial charge >= 0.3 is 5.97 Å². The summed E-state index contributed by atoms with van der Waals surface area (Å²) < 4.78 is 6.43. The van der Waals surface area contributed by atoms with Gasteiger partial charge in [-0.25, -0.2) is 4.79 Å². The second-order valence-electron chi connectivity index (χ2n) is 5.64. The standard InChI is InChI=1S/C15H21BrN2O2/c1-12(11-18-8-6-17(2)7-9-18)20-15(19)13-4-3-5-14(16)10-13/h3-5,10,12H,6-9,11H2,1-2H3/p+2/t12-/m0/s1. The molecule has 5 heteroatoms. The van der Waals surface area contributed by atoms with Gasteiger partial charge in [-0.2, -0.15) is 0 Å². The maximum absolute atomic E-state index is 12.0. The van der Waals surface area contributed by atoms with Crippen LogP contribution in [0.4, 0.5) is 0 Å². The molecule has 4 nitrogen and oxygen atoms in total. The summed E-state index contributed by atoms with van der Waals surface area (Å²) in [5.74, 6) is -0.238. The van der Waals surface area contributed by atoms with E-state index in [1.54, 1.807) is 17.0 Å². The number of benzene rings is 1. The number of halogens is 1. The van der Waals surface area contributed by atoms with Gasteiger partial charge in [-0.1, -0.05) is 22.0 Å². The highest BCUT2D eigenvalue weighted by Gasteiger charge is 2.23. The zero-order valence-electron chi connectivity index (χ0n) is 12.1. The van der Waals surface area contributed by atoms with Crippen LogP contribution in [-0.4, -0.2) is 51.8 Å². The fraction of sp³-hybridized carbons (Fsp3) is 0.533. The average molecular weight is 343 g/mol. The fourth-order valence-corrected chi connectivity index (χ4v) is 2.95. The SMILES string of the molecule is C[C@@H](C[NH+]1CC[NH+](C)CC1)OC(=O)c1cccc(Br)c1. The molecule has 20 heavy (non-hydrogen) atoms. The molecule has 1 saturated heterocycles. The van der Waals surface area contributed by atoms with E-state index >= 15 is 0 Å². The molecule has 1 aliphatic rings. The van der Waals surface area contributed by atoms with Gasteiger partial charge in [0.2, 0.25) is 0 Å². The van der Waals surface area contributed by atoms with E-state index in [9.17, 15) is 4.79 Å². The molecule has 0 aromatic heterocycles. The number of rotatable bonds is 4. The number of carbonyl (C=O) groups excluding carboxylic acids is 1. The maximum Gasteiger partial charge on any atom is 0.338 e. The number of nitrogens with one attached hydrogen (secondary N) is 2. The van der Waals surface area contributed by atoms with E-state index in [-0.39, 0.29) is 12.1 Å². The lowest BCUT2D eigenvalue weighted by Crippen LogP contribution is -3.27. The van der Waals surface area contributed by atoms with Crippen LogP contribution in [0.2, 0.25) is 0 Å². The molecule has 0 unspecified atom stereocenters. The third kappa shape index (κ3) is 4.58. The molecule has 1 aromatic carbocycles. The molecule has 1 aromatic rings. The topological polar surface area (TPSA) is 35.2 Å². The summed E-state index contributed by atoms with van der Waals surface area (Å²) in [6.07, 6.45) is -0.0464. The summed E-state index contributed by atoms with van der Waals surface area (Å²) in [6, 6.07) is 7.32. The summed E-state index contributed by atoms with van der Waals surface area (Å²) in [6.45, 7) is 7.58. The first-order valence-electron chi connectivity index (χ1n) is 7.16. The van der Waals surface area contributed by atoms with Crippen molar-refractivity contribution in [2.45, 2.75) is 13.0 Å². The van der Waals surface area contributed by atoms with Gasteiger partial charge in [0.15, 0.2) is 0 Å². The predicted octanol–water partition coefficient (Wildman–Crippen LogP) is -0.592. The van der Waals surface area contributed by atoms with Crippen molar-refractivity contribution in [3.63, 3.8) is 0 Å². The Kier molecular flexibility index (Phi) is 5.57. The van der Waals surface area contributed by atoms with E-state index in [0.29, 0.717) is 5.56 Å². The van der Waals surface area contributed by atoms with Crippen molar-refractivity contribution in [1.29, 1.82) is 0 Å². The van der Waals surface area contributed by atoms with E-state index in [4.69, 9.17) is 4.74 Å². The molecule has 1 fully saturated rings. The lowest BCUT2D eigenvalue weighted by molar-refractivity contribution is -1.00. The molecule has 110 valence electrons. The highest BCUT2D eigenvalue weighted by molar-refractivity contribution is 9.10. The van der Waals surface area contributed by atoms with Gasteiger partial charge in [0.25, 0.3) is 0 Å². The van der Waals surface area contributed by atoms with Crippen molar-refractivity contribution >= 4 is 21.9 Å². The van der Waals surface area contributed by atoms with Gasteiger partial charge in [-0.15, -0.1) is 0 Å². The van der Waals surface area contributed by atoms with Crippen LogP contribution < -0.4 is 9.80 Å². The molecule has 1 aliphatic heterocycles. The number of ether oxygens (including phenoxy) is 1. The molecular formula is C15H23BrN2O2+2. The van der Waals surface area contributed by atoms with Crippen molar-refractivity contribution in [3.8, 4) is 0 Å². The van der Waals surface area contributed by atoms with Gasteiger partial charge in [0.05, 0.1) is 12.6 Å². The highest BCUT2D eigenvalue weighted by Crippen LogP contribution is 2.12. The van der Waals surface area contributed by atoms with E-state index in [2.05, 4.69) is 23.0 Å². The highest BCUT2D eigenvalue weighted by atomic mass is 79.9.